The predicted molar refractivity (Wildman–Crippen MR) is 95.2 cm³/mol. The molecule has 3 aromatic rings. The molecule has 4 nitrogen and oxygen atoms in total. The second-order valence-corrected chi connectivity index (χ2v) is 6.96. The maximum absolute atomic E-state index is 12.4. The predicted octanol–water partition coefficient (Wildman–Crippen LogP) is 4.11. The van der Waals surface area contributed by atoms with Crippen LogP contribution in [0.4, 0.5) is 0 Å². The van der Waals surface area contributed by atoms with E-state index in [1.165, 1.54) is 0 Å². The molecule has 1 atom stereocenters. The Labute approximate surface area is 144 Å². The van der Waals surface area contributed by atoms with E-state index in [2.05, 4.69) is 4.98 Å². The van der Waals surface area contributed by atoms with Crippen molar-refractivity contribution in [2.45, 2.75) is 18.4 Å². The Hall–Kier alpha value is -2.40. The number of aromatic nitrogens is 1. The van der Waals surface area contributed by atoms with Crippen LogP contribution in [0.15, 0.2) is 59.1 Å². The van der Waals surface area contributed by atoms with Crippen LogP contribution in [0.2, 0.25) is 0 Å². The third kappa shape index (κ3) is 3.92. The van der Waals surface area contributed by atoms with Gasteiger partial charge in [0, 0.05) is 22.1 Å². The van der Waals surface area contributed by atoms with Crippen LogP contribution >= 0.6 is 0 Å². The van der Waals surface area contributed by atoms with Crippen molar-refractivity contribution < 1.29 is 13.4 Å². The van der Waals surface area contributed by atoms with Crippen LogP contribution in [0.5, 0.6) is 5.75 Å². The molecule has 0 amide bonds. The lowest BCUT2D eigenvalue weighted by molar-refractivity contribution is 0.415. The van der Waals surface area contributed by atoms with Gasteiger partial charge in [0.05, 0.1) is 13.3 Å². The first kappa shape index (κ1) is 16.5. The second kappa shape index (κ2) is 7.45. The van der Waals surface area contributed by atoms with Gasteiger partial charge in [-0.05, 0) is 42.3 Å². The summed E-state index contributed by atoms with van der Waals surface area (Å²) in [4.78, 5) is 4.25. The molecule has 0 bridgehead atoms. The number of oxazole rings is 1. The van der Waals surface area contributed by atoms with Gasteiger partial charge in [-0.15, -0.1) is 0 Å². The molecule has 0 saturated carbocycles. The molecular weight excluding hydrogens is 322 g/mol. The molecular formula is C19H19NO3S. The van der Waals surface area contributed by atoms with Gasteiger partial charge in [0.1, 0.15) is 11.5 Å². The molecule has 0 fully saturated rings. The van der Waals surface area contributed by atoms with E-state index in [1.54, 1.807) is 13.3 Å². The van der Waals surface area contributed by atoms with Gasteiger partial charge in [-0.25, -0.2) is 4.98 Å². The van der Waals surface area contributed by atoms with Gasteiger partial charge in [0.25, 0.3) is 0 Å². The first-order chi connectivity index (χ1) is 11.7. The SMILES string of the molecule is COc1ccc(-c2cnc(C[S@@](=O)Cc3ccccc3C)o2)cc1. The highest BCUT2D eigenvalue weighted by molar-refractivity contribution is 7.83. The molecule has 0 aliphatic heterocycles. The van der Waals surface area contributed by atoms with E-state index < -0.39 is 10.8 Å². The second-order valence-electron chi connectivity index (χ2n) is 5.50. The largest absolute Gasteiger partial charge is 0.497 e. The van der Waals surface area contributed by atoms with Crippen LogP contribution in [0.25, 0.3) is 11.3 Å². The zero-order valence-corrected chi connectivity index (χ0v) is 14.5. The minimum absolute atomic E-state index is 0.310. The first-order valence-corrected chi connectivity index (χ1v) is 9.13. The summed E-state index contributed by atoms with van der Waals surface area (Å²) in [7, 11) is 0.574. The summed E-state index contributed by atoms with van der Waals surface area (Å²) in [6, 6.07) is 15.5. The van der Waals surface area contributed by atoms with E-state index in [4.69, 9.17) is 9.15 Å². The highest BCUT2D eigenvalue weighted by Crippen LogP contribution is 2.23. The molecule has 0 spiro atoms. The Kier molecular flexibility index (Phi) is 5.11. The molecule has 2 aromatic carbocycles. The number of methoxy groups -OCH3 is 1. The van der Waals surface area contributed by atoms with Crippen molar-refractivity contribution in [2.75, 3.05) is 7.11 Å². The Morgan fingerprint density at radius 3 is 2.54 bits per heavy atom. The van der Waals surface area contributed by atoms with Crippen LogP contribution in [-0.2, 0) is 22.3 Å². The Morgan fingerprint density at radius 1 is 1.08 bits per heavy atom. The summed E-state index contributed by atoms with van der Waals surface area (Å²) in [5, 5.41) is 0. The molecule has 3 rings (SSSR count). The van der Waals surface area contributed by atoms with Crippen molar-refractivity contribution in [2.24, 2.45) is 0 Å². The van der Waals surface area contributed by atoms with E-state index in [9.17, 15) is 4.21 Å². The van der Waals surface area contributed by atoms with Crippen molar-refractivity contribution in [1.82, 2.24) is 4.98 Å². The topological polar surface area (TPSA) is 52.3 Å². The number of ether oxygens (including phenoxy) is 1. The molecule has 1 heterocycles. The Morgan fingerprint density at radius 2 is 1.83 bits per heavy atom. The van der Waals surface area contributed by atoms with E-state index in [0.717, 1.165) is 22.4 Å². The van der Waals surface area contributed by atoms with Crippen LogP contribution in [0.1, 0.15) is 17.0 Å². The average Bonchev–Trinajstić information content (AvgIpc) is 3.05. The molecule has 0 aliphatic carbocycles. The fraction of sp³-hybridized carbons (Fsp3) is 0.211. The fourth-order valence-corrected chi connectivity index (χ4v) is 3.58. The Balaban J connectivity index is 1.67. The normalized spacial score (nSPS) is 12.1. The van der Waals surface area contributed by atoms with Crippen molar-refractivity contribution in [3.05, 3.63) is 71.7 Å². The highest BCUT2D eigenvalue weighted by Gasteiger charge is 2.11. The fourth-order valence-electron chi connectivity index (χ4n) is 2.40. The lowest BCUT2D eigenvalue weighted by Gasteiger charge is -2.04. The molecule has 0 unspecified atom stereocenters. The van der Waals surface area contributed by atoms with Crippen molar-refractivity contribution in [3.8, 4) is 17.1 Å². The molecule has 24 heavy (non-hydrogen) atoms. The van der Waals surface area contributed by atoms with Crippen LogP contribution in [-0.4, -0.2) is 16.3 Å². The number of rotatable bonds is 6. The monoisotopic (exact) mass is 341 g/mol. The number of nitrogens with zero attached hydrogens (tertiary/aromatic N) is 1. The third-order valence-electron chi connectivity index (χ3n) is 3.79. The summed E-state index contributed by atoms with van der Waals surface area (Å²) >= 11 is 0. The van der Waals surface area contributed by atoms with Gasteiger partial charge in [-0.2, -0.15) is 0 Å². The van der Waals surface area contributed by atoms with Gasteiger partial charge in [-0.3, -0.25) is 4.21 Å². The Bertz CT molecular complexity index is 840. The standard InChI is InChI=1S/C19H19NO3S/c1-14-5-3-4-6-16(14)12-24(21)13-19-20-11-18(23-19)15-7-9-17(22-2)10-8-15/h3-11H,12-13H2,1-2H3/t24-/m0/s1. The molecule has 0 saturated heterocycles. The van der Waals surface area contributed by atoms with Gasteiger partial charge in [0.2, 0.25) is 5.89 Å². The average molecular weight is 341 g/mol. The summed E-state index contributed by atoms with van der Waals surface area (Å²) < 4.78 is 23.2. The number of hydrogen-bond donors (Lipinski definition) is 0. The maximum Gasteiger partial charge on any atom is 0.207 e. The van der Waals surface area contributed by atoms with E-state index in [1.807, 2.05) is 55.5 Å². The van der Waals surface area contributed by atoms with Gasteiger partial charge >= 0.3 is 0 Å². The zero-order chi connectivity index (χ0) is 16.9. The number of benzene rings is 2. The molecule has 1 aromatic heterocycles. The maximum atomic E-state index is 12.4. The van der Waals surface area contributed by atoms with Gasteiger partial charge in [-0.1, -0.05) is 24.3 Å². The minimum Gasteiger partial charge on any atom is -0.497 e. The zero-order valence-electron chi connectivity index (χ0n) is 13.7. The molecule has 0 aliphatic rings. The van der Waals surface area contributed by atoms with Crippen LogP contribution in [0, 0.1) is 6.92 Å². The number of hydrogen-bond acceptors (Lipinski definition) is 4. The summed E-state index contributed by atoms with van der Waals surface area (Å²) in [6.45, 7) is 2.03. The van der Waals surface area contributed by atoms with E-state index in [-0.39, 0.29) is 0 Å². The van der Waals surface area contributed by atoms with Crippen LogP contribution in [0.3, 0.4) is 0 Å². The summed E-state index contributed by atoms with van der Waals surface area (Å²) in [5.74, 6) is 2.77. The lowest BCUT2D eigenvalue weighted by Crippen LogP contribution is -2.01. The lowest BCUT2D eigenvalue weighted by atomic mass is 10.1. The van der Waals surface area contributed by atoms with Crippen molar-refractivity contribution in [3.63, 3.8) is 0 Å². The first-order valence-electron chi connectivity index (χ1n) is 7.64. The van der Waals surface area contributed by atoms with Gasteiger partial charge in [0.15, 0.2) is 5.76 Å². The molecule has 0 N–H and O–H groups in total. The minimum atomic E-state index is -1.06. The van der Waals surface area contributed by atoms with Crippen molar-refractivity contribution >= 4 is 10.8 Å². The molecule has 5 heteroatoms. The van der Waals surface area contributed by atoms with Crippen LogP contribution < -0.4 is 4.74 Å². The van der Waals surface area contributed by atoms with Crippen molar-refractivity contribution in [1.29, 1.82) is 0 Å². The molecule has 0 radical (unpaired) electrons. The quantitative estimate of drug-likeness (QED) is 0.677. The molecule has 124 valence electrons. The van der Waals surface area contributed by atoms with E-state index >= 15 is 0 Å². The third-order valence-corrected chi connectivity index (χ3v) is 4.99. The van der Waals surface area contributed by atoms with Gasteiger partial charge < -0.3 is 9.15 Å². The summed E-state index contributed by atoms with van der Waals surface area (Å²) in [6.07, 6.45) is 1.67. The highest BCUT2D eigenvalue weighted by atomic mass is 32.2. The van der Waals surface area contributed by atoms with E-state index in [0.29, 0.717) is 23.2 Å². The smallest absolute Gasteiger partial charge is 0.207 e. The number of aryl methyl sites for hydroxylation is 1. The summed E-state index contributed by atoms with van der Waals surface area (Å²) in [5.41, 5.74) is 3.16.